The van der Waals surface area contributed by atoms with Crippen molar-refractivity contribution in [2.75, 3.05) is 0 Å². The molecule has 0 aliphatic heterocycles. The van der Waals surface area contributed by atoms with Gasteiger partial charge in [0.05, 0.1) is 5.57 Å². The van der Waals surface area contributed by atoms with Crippen LogP contribution in [0.1, 0.15) is 5.56 Å². The number of carbonyl (C=O) groups excluding carboxylic acids is 1. The molecule has 0 aromatic carbocycles. The van der Waals surface area contributed by atoms with Crippen molar-refractivity contribution in [3.63, 3.8) is 0 Å². The molecule has 0 N–H and O–H groups in total. The second-order valence-corrected chi connectivity index (χ2v) is 3.95. The van der Waals surface area contributed by atoms with E-state index in [1.54, 1.807) is 30.6 Å². The maximum atomic E-state index is 11.7. The van der Waals surface area contributed by atoms with Gasteiger partial charge in [-0.25, -0.2) is 4.79 Å². The van der Waals surface area contributed by atoms with E-state index in [1.165, 1.54) is 11.3 Å². The van der Waals surface area contributed by atoms with E-state index in [0.29, 0.717) is 10.6 Å². The van der Waals surface area contributed by atoms with Gasteiger partial charge in [-0.2, -0.15) is 0 Å². The molecule has 0 atom stereocenters. The predicted molar refractivity (Wildman–Crippen MR) is 63.2 cm³/mol. The summed E-state index contributed by atoms with van der Waals surface area (Å²) in [5, 5.41) is 2.41. The summed E-state index contributed by atoms with van der Waals surface area (Å²) < 4.78 is 5.13. The molecule has 2 heterocycles. The van der Waals surface area contributed by atoms with Gasteiger partial charge in [-0.15, -0.1) is 11.3 Å². The third-order valence-corrected chi connectivity index (χ3v) is 2.71. The third-order valence-electron chi connectivity index (χ3n) is 1.96. The minimum Gasteiger partial charge on any atom is -0.412 e. The molecule has 0 spiro atoms. The van der Waals surface area contributed by atoms with Crippen LogP contribution >= 0.6 is 11.3 Å². The lowest BCUT2D eigenvalue weighted by Crippen LogP contribution is -2.08. The van der Waals surface area contributed by atoms with Crippen LogP contribution in [-0.2, 0) is 4.79 Å². The summed E-state index contributed by atoms with van der Waals surface area (Å²) >= 11 is 1.37. The van der Waals surface area contributed by atoms with E-state index in [4.69, 9.17) is 4.74 Å². The summed E-state index contributed by atoms with van der Waals surface area (Å²) in [7, 11) is 0. The van der Waals surface area contributed by atoms with Gasteiger partial charge in [-0.1, -0.05) is 6.58 Å². The van der Waals surface area contributed by atoms with Gasteiger partial charge in [0.25, 0.3) is 0 Å². The average Bonchev–Trinajstić information content (AvgIpc) is 2.82. The third kappa shape index (κ3) is 2.35. The quantitative estimate of drug-likeness (QED) is 0.602. The summed E-state index contributed by atoms with van der Waals surface area (Å²) in [6.07, 6.45) is 3.22. The van der Waals surface area contributed by atoms with Crippen LogP contribution in [0.25, 0.3) is 5.57 Å². The summed E-state index contributed by atoms with van der Waals surface area (Å²) in [6.45, 7) is 3.71. The lowest BCUT2D eigenvalue weighted by molar-refractivity contribution is -0.127. The van der Waals surface area contributed by atoms with Crippen molar-refractivity contribution in [3.05, 3.63) is 54.2 Å². The fraction of sp³-hybridized carbons (Fsp3) is 0. The molecule has 2 aromatic heterocycles. The van der Waals surface area contributed by atoms with Crippen molar-refractivity contribution in [3.8, 4) is 5.06 Å². The highest BCUT2D eigenvalue weighted by atomic mass is 32.1. The molecular weight excluding hydrogens is 222 g/mol. The molecule has 0 saturated carbocycles. The van der Waals surface area contributed by atoms with Gasteiger partial charge in [0.2, 0.25) is 0 Å². The van der Waals surface area contributed by atoms with Crippen molar-refractivity contribution in [1.29, 1.82) is 0 Å². The van der Waals surface area contributed by atoms with Gasteiger partial charge < -0.3 is 4.74 Å². The highest BCUT2D eigenvalue weighted by Gasteiger charge is 2.12. The normalized spacial score (nSPS) is 9.75. The SMILES string of the molecule is C=C(C(=O)Oc1cccs1)c1ccncc1. The fourth-order valence-corrected chi connectivity index (χ4v) is 1.72. The molecule has 0 unspecified atom stereocenters. The second kappa shape index (κ2) is 4.72. The highest BCUT2D eigenvalue weighted by molar-refractivity contribution is 7.11. The Balaban J connectivity index is 2.09. The molecule has 16 heavy (non-hydrogen) atoms. The molecule has 2 rings (SSSR count). The molecule has 0 saturated heterocycles. The molecule has 0 radical (unpaired) electrons. The molecular formula is C12H9NO2S. The number of hydrogen-bond donors (Lipinski definition) is 0. The predicted octanol–water partition coefficient (Wildman–Crippen LogP) is 2.76. The number of rotatable bonds is 3. The van der Waals surface area contributed by atoms with E-state index in [2.05, 4.69) is 11.6 Å². The molecule has 0 amide bonds. The Morgan fingerprint density at radius 2 is 2.06 bits per heavy atom. The first kappa shape index (κ1) is 10.6. The van der Waals surface area contributed by atoms with Crippen molar-refractivity contribution in [2.45, 2.75) is 0 Å². The Morgan fingerprint density at radius 3 is 2.69 bits per heavy atom. The summed E-state index contributed by atoms with van der Waals surface area (Å²) in [4.78, 5) is 15.5. The number of nitrogens with zero attached hydrogens (tertiary/aromatic N) is 1. The lowest BCUT2D eigenvalue weighted by Gasteiger charge is -2.04. The van der Waals surface area contributed by atoms with Crippen LogP contribution in [0.5, 0.6) is 5.06 Å². The molecule has 0 aliphatic carbocycles. The van der Waals surface area contributed by atoms with Gasteiger partial charge in [0, 0.05) is 12.4 Å². The zero-order chi connectivity index (χ0) is 11.4. The number of hydrogen-bond acceptors (Lipinski definition) is 4. The molecule has 0 fully saturated rings. The van der Waals surface area contributed by atoms with E-state index in [-0.39, 0.29) is 0 Å². The minimum atomic E-state index is -0.436. The number of pyridine rings is 1. The van der Waals surface area contributed by atoms with Crippen molar-refractivity contribution >= 4 is 22.9 Å². The van der Waals surface area contributed by atoms with Crippen LogP contribution < -0.4 is 4.74 Å². The van der Waals surface area contributed by atoms with Crippen LogP contribution in [0.3, 0.4) is 0 Å². The first-order chi connectivity index (χ1) is 7.77. The van der Waals surface area contributed by atoms with Gasteiger partial charge in [0.1, 0.15) is 0 Å². The summed E-state index contributed by atoms with van der Waals surface area (Å²) in [5.41, 5.74) is 1.05. The second-order valence-electron chi connectivity index (χ2n) is 3.04. The maximum Gasteiger partial charge on any atom is 0.344 e. The van der Waals surface area contributed by atoms with E-state index in [9.17, 15) is 4.79 Å². The van der Waals surface area contributed by atoms with Crippen LogP contribution in [-0.4, -0.2) is 11.0 Å². The Hall–Kier alpha value is -1.94. The lowest BCUT2D eigenvalue weighted by atomic mass is 10.1. The van der Waals surface area contributed by atoms with Crippen LogP contribution in [0.4, 0.5) is 0 Å². The Labute approximate surface area is 97.0 Å². The number of ether oxygens (including phenoxy) is 1. The number of thiophene rings is 1. The van der Waals surface area contributed by atoms with E-state index >= 15 is 0 Å². The first-order valence-corrected chi connectivity index (χ1v) is 5.50. The standard InChI is InChI=1S/C12H9NO2S/c1-9(10-4-6-13-7-5-10)12(14)15-11-3-2-8-16-11/h2-8H,1H2. The minimum absolute atomic E-state index is 0.329. The van der Waals surface area contributed by atoms with Crippen molar-refractivity contribution in [1.82, 2.24) is 4.98 Å². The Kier molecular flexibility index (Phi) is 3.12. The zero-order valence-corrected chi connectivity index (χ0v) is 9.24. The fourth-order valence-electron chi connectivity index (χ4n) is 1.15. The number of aromatic nitrogens is 1. The number of carbonyl (C=O) groups is 1. The van der Waals surface area contributed by atoms with Crippen LogP contribution in [0.15, 0.2) is 48.6 Å². The molecule has 3 nitrogen and oxygen atoms in total. The molecule has 0 aliphatic rings. The molecule has 2 aromatic rings. The van der Waals surface area contributed by atoms with Gasteiger partial charge in [-0.3, -0.25) is 4.98 Å². The maximum absolute atomic E-state index is 11.7. The topological polar surface area (TPSA) is 39.2 Å². The molecule has 4 heteroatoms. The molecule has 80 valence electrons. The smallest absolute Gasteiger partial charge is 0.344 e. The van der Waals surface area contributed by atoms with Crippen LogP contribution in [0.2, 0.25) is 0 Å². The largest absolute Gasteiger partial charge is 0.412 e. The van der Waals surface area contributed by atoms with E-state index in [1.807, 2.05) is 11.4 Å². The van der Waals surface area contributed by atoms with Gasteiger partial charge in [-0.05, 0) is 35.2 Å². The first-order valence-electron chi connectivity index (χ1n) is 4.62. The Bertz CT molecular complexity index is 491. The van der Waals surface area contributed by atoms with Gasteiger partial charge in [0.15, 0.2) is 5.06 Å². The van der Waals surface area contributed by atoms with Crippen molar-refractivity contribution in [2.24, 2.45) is 0 Å². The Morgan fingerprint density at radius 1 is 1.31 bits per heavy atom. The van der Waals surface area contributed by atoms with E-state index < -0.39 is 5.97 Å². The van der Waals surface area contributed by atoms with Crippen molar-refractivity contribution < 1.29 is 9.53 Å². The molecule has 0 bridgehead atoms. The zero-order valence-electron chi connectivity index (χ0n) is 8.42. The highest BCUT2D eigenvalue weighted by Crippen LogP contribution is 2.21. The monoisotopic (exact) mass is 231 g/mol. The van der Waals surface area contributed by atoms with Gasteiger partial charge >= 0.3 is 5.97 Å². The summed E-state index contributed by atoms with van der Waals surface area (Å²) in [6, 6.07) is 7.00. The number of esters is 1. The average molecular weight is 231 g/mol. The van der Waals surface area contributed by atoms with E-state index in [0.717, 1.165) is 5.56 Å². The summed E-state index contributed by atoms with van der Waals surface area (Å²) in [5.74, 6) is -0.436. The van der Waals surface area contributed by atoms with Crippen LogP contribution in [0, 0.1) is 0 Å².